The molecule has 28 heteroatoms. The number of hydrogen-bond donors (Lipinski definition) is 4. The Hall–Kier alpha value is -0.180. The molecule has 0 aliphatic rings. The molecule has 0 spiro atoms. The molecule has 53 heavy (non-hydrogen) atoms. The minimum atomic E-state index is -5.13. The van der Waals surface area contributed by atoms with Crippen molar-refractivity contribution in [1.82, 2.24) is 15.0 Å². The maximum atomic E-state index is 14.4. The molecule has 1 unspecified atom stereocenters. The van der Waals surface area contributed by atoms with Gasteiger partial charge in [0.25, 0.3) is 0 Å². The van der Waals surface area contributed by atoms with E-state index in [1.807, 2.05) is 0 Å². The number of halogens is 3. The third-order valence-corrected chi connectivity index (χ3v) is 8.35. The van der Waals surface area contributed by atoms with Crippen molar-refractivity contribution in [1.29, 1.82) is 0 Å². The Balaban J connectivity index is 0.00000226. The number of aromatic nitrogens is 3. The van der Waals surface area contributed by atoms with Crippen LogP contribution in [0.5, 0.6) is 5.75 Å². The van der Waals surface area contributed by atoms with Crippen LogP contribution in [0.15, 0.2) is 91.6 Å². The molecule has 5 aromatic rings. The summed E-state index contributed by atoms with van der Waals surface area (Å²) in [4.78, 5) is 9.94. The molecule has 5 rings (SSSR count). The molecule has 0 saturated carbocycles. The molecular weight excluding hydrogens is 1040 g/mol. The largest absolute Gasteiger partial charge is 1.00 e. The first-order valence-electron chi connectivity index (χ1n) is 12.8. The van der Waals surface area contributed by atoms with Crippen LogP contribution in [-0.4, -0.2) is 46.0 Å². The summed E-state index contributed by atoms with van der Waals surface area (Å²) in [5.41, 5.74) is 5.41. The molecule has 0 radical (unpaired) electrons. The second-order valence-corrected chi connectivity index (χ2v) is 23.7. The van der Waals surface area contributed by atoms with Crippen LogP contribution in [0.2, 0.25) is 0 Å². The fourth-order valence-electron chi connectivity index (χ4n) is 4.06. The van der Waals surface area contributed by atoms with E-state index in [0.29, 0.717) is 45.4 Å². The van der Waals surface area contributed by atoms with Gasteiger partial charge in [0.2, 0.25) is 11.9 Å². The van der Waals surface area contributed by atoms with Crippen molar-refractivity contribution in [2.75, 3.05) is 16.4 Å². The molecule has 266 valence electrons. The van der Waals surface area contributed by atoms with Crippen molar-refractivity contribution in [3.63, 3.8) is 0 Å². The number of phenols is 1. The number of azo groups is 1. The van der Waals surface area contributed by atoms with Crippen LogP contribution in [0.25, 0.3) is 10.8 Å². The Labute approximate surface area is 393 Å². The molecule has 0 aliphatic carbocycles. The van der Waals surface area contributed by atoms with Crippen LogP contribution >= 0.6 is 37.5 Å². The summed E-state index contributed by atoms with van der Waals surface area (Å²) in [6.45, 7) is 2.68. The average Bonchev–Trinajstić information content (AvgIpc) is 3.03. The first-order valence-corrected chi connectivity index (χ1v) is 26.8. The van der Waals surface area contributed by atoms with E-state index in [1.165, 1.54) is 18.2 Å². The van der Waals surface area contributed by atoms with E-state index in [2.05, 4.69) is 70.7 Å². The fraction of sp³-hybridized carbons (Fsp3) is 0. The minimum Gasteiger partial charge on any atom is 1.00 e. The summed E-state index contributed by atoms with van der Waals surface area (Å²) in [6, 6.07) is 13.6. The third kappa shape index (κ3) is 14.6. The van der Waals surface area contributed by atoms with Crippen molar-refractivity contribution in [2.45, 2.75) is 14.7 Å². The van der Waals surface area contributed by atoms with Gasteiger partial charge in [-0.15, -0.1) is 10.2 Å². The van der Waals surface area contributed by atoms with Crippen molar-refractivity contribution in [2.24, 2.45) is 10.2 Å². The quantitative estimate of drug-likeness (QED) is 0.0110. The van der Waals surface area contributed by atoms with Crippen LogP contribution < -0.4 is 127 Å². The number of aromatic hydroxyl groups is 1. The van der Waals surface area contributed by atoms with E-state index >= 15 is 0 Å². The maximum absolute atomic E-state index is 14.4. The third-order valence-electron chi connectivity index (χ3n) is 6.00. The van der Waals surface area contributed by atoms with Crippen molar-refractivity contribution >= 4 is 109 Å². The van der Waals surface area contributed by atoms with Gasteiger partial charge in [0, 0.05) is 5.69 Å². The van der Waals surface area contributed by atoms with Crippen molar-refractivity contribution in [3.8, 4) is 5.75 Å². The SMILES string of the molecule is Nc1ccc2cc(S(=O)(=O)[O-])cc(O)c2c1N=Nc1cc(Nc2nc(F)nc(Nc3ccccc3SOO[O-])n2)ccc1S(=O)(=O)[O-].P[I-]I.[Na+].[Na+].[Na+]. The molecule has 4 aromatic carbocycles. The first kappa shape index (κ1) is 50.8. The Morgan fingerprint density at radius 2 is 1.57 bits per heavy atom. The van der Waals surface area contributed by atoms with Gasteiger partial charge in [0.05, 0.1) is 43.5 Å². The zero-order valence-electron chi connectivity index (χ0n) is 27.2. The smallest absolute Gasteiger partial charge is 1.00 e. The summed E-state index contributed by atoms with van der Waals surface area (Å²) in [6.07, 6.45) is -1.23. The number of phenolic OH excluding ortho intramolecular Hbond substituents is 1. The Kier molecular flexibility index (Phi) is 22.3. The Morgan fingerprint density at radius 1 is 0.925 bits per heavy atom. The number of anilines is 5. The topological polar surface area (TPSA) is 290 Å². The Morgan fingerprint density at radius 3 is 2.19 bits per heavy atom. The van der Waals surface area contributed by atoms with E-state index in [-0.39, 0.29) is 128 Å². The molecule has 1 aromatic heterocycles. The molecule has 5 N–H and O–H groups in total. The average molecular weight is 1060 g/mol. The monoisotopic (exact) mass is 1060 g/mol. The van der Waals surface area contributed by atoms with Gasteiger partial charge in [-0.1, -0.05) is 18.2 Å². The number of nitrogen functional groups attached to an aromatic ring is 1. The number of nitrogens with two attached hydrogens (primary N) is 1. The van der Waals surface area contributed by atoms with E-state index in [0.717, 1.165) is 24.3 Å². The molecule has 18 nitrogen and oxygen atoms in total. The van der Waals surface area contributed by atoms with Crippen molar-refractivity contribution in [3.05, 3.63) is 72.8 Å². The predicted molar refractivity (Wildman–Crippen MR) is 181 cm³/mol. The van der Waals surface area contributed by atoms with Crippen molar-refractivity contribution < 1.29 is 155 Å². The summed E-state index contributed by atoms with van der Waals surface area (Å²) < 4.78 is 89.1. The number of nitrogens with zero attached hydrogens (tertiary/aromatic N) is 5. The molecule has 0 amide bonds. The molecule has 0 fully saturated rings. The number of hydrogen-bond acceptors (Lipinski definition) is 19. The second kappa shape index (κ2) is 23.3. The maximum Gasteiger partial charge on any atom is 1.00 e. The van der Waals surface area contributed by atoms with E-state index in [4.69, 9.17) is 5.73 Å². The van der Waals surface area contributed by atoms with Crippen LogP contribution in [-0.2, 0) is 29.6 Å². The van der Waals surface area contributed by atoms with Gasteiger partial charge in [0.15, 0.2) is 0 Å². The zero-order valence-corrected chi connectivity index (χ0v) is 41.1. The van der Waals surface area contributed by atoms with Gasteiger partial charge >= 0.3 is 137 Å². The minimum absolute atomic E-state index is 0. The van der Waals surface area contributed by atoms with E-state index < -0.39 is 47.5 Å². The number of para-hydroxylation sites is 1. The van der Waals surface area contributed by atoms with E-state index in [1.54, 1.807) is 18.2 Å². The van der Waals surface area contributed by atoms with Crippen LogP contribution in [0.1, 0.15) is 0 Å². The van der Waals surface area contributed by atoms with Crippen LogP contribution in [0.4, 0.5) is 44.7 Å². The number of fused-ring (bicyclic) bond motifs is 1. The summed E-state index contributed by atoms with van der Waals surface area (Å²) >= 11 is 3.40. The van der Waals surface area contributed by atoms with E-state index in [9.17, 15) is 40.7 Å². The van der Waals surface area contributed by atoms with Gasteiger partial charge in [-0.2, -0.15) is 23.7 Å². The number of nitrogens with one attached hydrogen (secondary N) is 2. The van der Waals surface area contributed by atoms with Crippen LogP contribution in [0.3, 0.4) is 0 Å². The molecule has 0 bridgehead atoms. The fourth-order valence-corrected chi connectivity index (χ4v) is 5.62. The molecular formula is C25H18FI2N8Na3O10PS3-. The molecule has 0 saturated heterocycles. The van der Waals surface area contributed by atoms with Gasteiger partial charge in [-0.05, 0) is 53.9 Å². The summed E-state index contributed by atoms with van der Waals surface area (Å²) in [5.74, 6) is -1.37. The number of rotatable bonds is 11. The summed E-state index contributed by atoms with van der Waals surface area (Å²) in [5, 5.41) is 37.1. The summed E-state index contributed by atoms with van der Waals surface area (Å²) in [7, 11) is -10.1. The zero-order chi connectivity index (χ0) is 36.6. The standard InChI is InChI=1S/C25H19FN8O10S3.H2I2P.3Na/c26-23-30-24(32-25(31-23)29-16-3-1-2-4-19(16)45-44-43-36)28-13-6-8-20(47(40,41)42)17(10-13)33-34-22-15(27)7-5-12-9-14(46(37,38)39)11-18(35)21(12)22;1-2-3;;;/h1-11,35-36H,27H2,(H,37,38,39)(H,40,41,42)(H2,28,29,30,31,32);3H2;;;/q;-1;3*+1/p-3. The van der Waals surface area contributed by atoms with Gasteiger partial charge in [-0.3, -0.25) is 5.04 Å². The first-order chi connectivity index (χ1) is 23.6. The molecule has 0 aliphatic heterocycles. The molecule has 1 heterocycles. The normalized spacial score (nSPS) is 11.1. The van der Waals surface area contributed by atoms with Gasteiger partial charge in [-0.25, -0.2) is 16.8 Å². The van der Waals surface area contributed by atoms with Crippen LogP contribution in [0, 0.1) is 6.08 Å². The van der Waals surface area contributed by atoms with Gasteiger partial charge in [0.1, 0.15) is 37.4 Å². The van der Waals surface area contributed by atoms with Gasteiger partial charge < -0.3 is 35.8 Å². The molecule has 1 atom stereocenters. The Bertz CT molecular complexity index is 2310. The number of benzene rings is 4. The predicted octanol–water partition coefficient (Wildman–Crippen LogP) is -7.38. The second-order valence-electron chi connectivity index (χ2n) is 9.13.